The van der Waals surface area contributed by atoms with Gasteiger partial charge in [0.15, 0.2) is 0 Å². The van der Waals surface area contributed by atoms with Crippen molar-refractivity contribution in [2.75, 3.05) is 0 Å². The van der Waals surface area contributed by atoms with Crippen LogP contribution in [-0.2, 0) is 0 Å². The smallest absolute Gasteiger partial charge is 0.282 e. The first kappa shape index (κ1) is 10.4. The molecule has 0 atom stereocenters. The Bertz CT molecular complexity index is 499. The second-order valence-corrected chi connectivity index (χ2v) is 3.57. The molecule has 0 fully saturated rings. The number of rotatable bonds is 2. The second kappa shape index (κ2) is 4.20. The Balaban J connectivity index is 2.44. The van der Waals surface area contributed by atoms with Crippen LogP contribution >= 0.6 is 0 Å². The van der Waals surface area contributed by atoms with E-state index in [-0.39, 0.29) is 5.91 Å². The minimum atomic E-state index is -0.300. The molecule has 0 radical (unpaired) electrons. The molecule has 1 aromatic heterocycles. The van der Waals surface area contributed by atoms with Crippen LogP contribution in [0.25, 0.3) is 5.69 Å². The van der Waals surface area contributed by atoms with Gasteiger partial charge >= 0.3 is 0 Å². The fourth-order valence-electron chi connectivity index (χ4n) is 1.57. The topological polar surface area (TPSA) is 60.0 Å². The van der Waals surface area contributed by atoms with Gasteiger partial charge in [0.25, 0.3) is 5.91 Å². The van der Waals surface area contributed by atoms with Crippen LogP contribution in [0.1, 0.15) is 16.1 Å². The third-order valence-corrected chi connectivity index (χ3v) is 2.42. The third kappa shape index (κ3) is 1.83. The average Bonchev–Trinajstić information content (AvgIpc) is 2.78. The number of benzene rings is 1. The highest BCUT2D eigenvalue weighted by atomic mass is 16.2. The number of aromatic nitrogens is 1. The van der Waals surface area contributed by atoms with Gasteiger partial charge in [-0.25, -0.2) is 5.84 Å². The molecule has 16 heavy (non-hydrogen) atoms. The summed E-state index contributed by atoms with van der Waals surface area (Å²) in [4.78, 5) is 11.5. The molecule has 1 aromatic carbocycles. The first-order valence-electron chi connectivity index (χ1n) is 4.97. The Morgan fingerprint density at radius 3 is 2.56 bits per heavy atom. The summed E-state index contributed by atoms with van der Waals surface area (Å²) in [6.45, 7) is 2.02. The summed E-state index contributed by atoms with van der Waals surface area (Å²) in [7, 11) is 0. The maximum Gasteiger partial charge on any atom is 0.282 e. The molecular weight excluding hydrogens is 202 g/mol. The molecular formula is C12H13N3O. The van der Waals surface area contributed by atoms with E-state index in [1.54, 1.807) is 10.6 Å². The molecule has 4 heteroatoms. The van der Waals surface area contributed by atoms with E-state index in [2.05, 4.69) is 5.43 Å². The van der Waals surface area contributed by atoms with E-state index >= 15 is 0 Å². The molecule has 0 aliphatic rings. The Morgan fingerprint density at radius 2 is 1.94 bits per heavy atom. The van der Waals surface area contributed by atoms with Crippen molar-refractivity contribution in [3.63, 3.8) is 0 Å². The minimum Gasteiger partial charge on any atom is -0.312 e. The van der Waals surface area contributed by atoms with Gasteiger partial charge < -0.3 is 4.57 Å². The molecule has 4 nitrogen and oxygen atoms in total. The summed E-state index contributed by atoms with van der Waals surface area (Å²) in [5.41, 5.74) is 4.77. The molecule has 0 bridgehead atoms. The predicted octanol–water partition coefficient (Wildman–Crippen LogP) is 1.39. The summed E-state index contributed by atoms with van der Waals surface area (Å²) >= 11 is 0. The molecule has 0 unspecified atom stereocenters. The van der Waals surface area contributed by atoms with Crippen LogP contribution in [0.2, 0.25) is 0 Å². The third-order valence-electron chi connectivity index (χ3n) is 2.42. The van der Waals surface area contributed by atoms with Gasteiger partial charge in [-0.3, -0.25) is 10.2 Å². The normalized spacial score (nSPS) is 10.1. The van der Waals surface area contributed by atoms with Gasteiger partial charge in [-0.1, -0.05) is 17.7 Å². The number of hydrogen-bond acceptors (Lipinski definition) is 2. The quantitative estimate of drug-likeness (QED) is 0.452. The summed E-state index contributed by atoms with van der Waals surface area (Å²) in [6, 6.07) is 11.5. The maximum atomic E-state index is 11.5. The van der Waals surface area contributed by atoms with Crippen molar-refractivity contribution in [3.8, 4) is 5.69 Å². The van der Waals surface area contributed by atoms with E-state index in [0.29, 0.717) is 5.69 Å². The molecule has 1 heterocycles. The lowest BCUT2D eigenvalue weighted by Gasteiger charge is -2.08. The van der Waals surface area contributed by atoms with Crippen molar-refractivity contribution >= 4 is 5.91 Å². The number of nitrogens with one attached hydrogen (secondary N) is 1. The highest BCUT2D eigenvalue weighted by Gasteiger charge is 2.09. The Morgan fingerprint density at radius 1 is 1.25 bits per heavy atom. The monoisotopic (exact) mass is 215 g/mol. The number of carbonyl (C=O) groups excluding carboxylic acids is 1. The van der Waals surface area contributed by atoms with Crippen LogP contribution < -0.4 is 11.3 Å². The van der Waals surface area contributed by atoms with Gasteiger partial charge in [0.2, 0.25) is 0 Å². The van der Waals surface area contributed by atoms with Gasteiger partial charge in [0, 0.05) is 11.9 Å². The van der Waals surface area contributed by atoms with Crippen molar-refractivity contribution in [2.24, 2.45) is 5.84 Å². The fourth-order valence-corrected chi connectivity index (χ4v) is 1.57. The highest BCUT2D eigenvalue weighted by Crippen LogP contribution is 2.13. The number of hydrogen-bond donors (Lipinski definition) is 2. The first-order chi connectivity index (χ1) is 7.72. The summed E-state index contributed by atoms with van der Waals surface area (Å²) in [5, 5.41) is 0. The molecule has 2 aromatic rings. The first-order valence-corrected chi connectivity index (χ1v) is 4.97. The number of hydrazine groups is 1. The SMILES string of the molecule is Cc1ccc(-n2cccc2C(=O)NN)cc1. The largest absolute Gasteiger partial charge is 0.312 e. The van der Waals surface area contributed by atoms with Crippen molar-refractivity contribution in [1.82, 2.24) is 9.99 Å². The molecule has 0 spiro atoms. The van der Waals surface area contributed by atoms with E-state index in [0.717, 1.165) is 5.69 Å². The zero-order chi connectivity index (χ0) is 11.5. The van der Waals surface area contributed by atoms with E-state index in [4.69, 9.17) is 5.84 Å². The standard InChI is InChI=1S/C12H13N3O/c1-9-4-6-10(7-5-9)15-8-2-3-11(15)12(16)14-13/h2-8H,13H2,1H3,(H,14,16). The fraction of sp³-hybridized carbons (Fsp3) is 0.0833. The van der Waals surface area contributed by atoms with Gasteiger partial charge in [-0.05, 0) is 31.2 Å². The maximum absolute atomic E-state index is 11.5. The molecule has 2 rings (SSSR count). The Hall–Kier alpha value is -2.07. The van der Waals surface area contributed by atoms with Crippen LogP contribution in [0.15, 0.2) is 42.6 Å². The van der Waals surface area contributed by atoms with E-state index in [1.807, 2.05) is 43.5 Å². The molecule has 0 saturated carbocycles. The number of nitrogens with zero attached hydrogens (tertiary/aromatic N) is 1. The summed E-state index contributed by atoms with van der Waals surface area (Å²) < 4.78 is 1.79. The molecule has 3 N–H and O–H groups in total. The Labute approximate surface area is 93.7 Å². The average molecular weight is 215 g/mol. The molecule has 0 aliphatic heterocycles. The predicted molar refractivity (Wildman–Crippen MR) is 62.2 cm³/mol. The number of nitrogens with two attached hydrogens (primary N) is 1. The van der Waals surface area contributed by atoms with Crippen molar-refractivity contribution in [2.45, 2.75) is 6.92 Å². The van der Waals surface area contributed by atoms with Crippen LogP contribution in [0.3, 0.4) is 0 Å². The van der Waals surface area contributed by atoms with Crippen LogP contribution in [-0.4, -0.2) is 10.5 Å². The van der Waals surface area contributed by atoms with E-state index in [1.165, 1.54) is 5.56 Å². The number of nitrogen functional groups attached to an aromatic ring is 1. The number of carbonyl (C=O) groups is 1. The highest BCUT2D eigenvalue weighted by molar-refractivity contribution is 5.92. The van der Waals surface area contributed by atoms with Crippen molar-refractivity contribution in [3.05, 3.63) is 53.9 Å². The van der Waals surface area contributed by atoms with Gasteiger partial charge in [0.05, 0.1) is 0 Å². The van der Waals surface area contributed by atoms with Crippen LogP contribution in [0.5, 0.6) is 0 Å². The molecule has 0 saturated heterocycles. The van der Waals surface area contributed by atoms with Crippen molar-refractivity contribution in [1.29, 1.82) is 0 Å². The lowest BCUT2D eigenvalue weighted by Crippen LogP contribution is -2.31. The Kier molecular flexibility index (Phi) is 2.74. The lowest BCUT2D eigenvalue weighted by atomic mass is 10.2. The molecule has 1 amide bonds. The zero-order valence-electron chi connectivity index (χ0n) is 8.97. The van der Waals surface area contributed by atoms with Crippen LogP contribution in [0, 0.1) is 6.92 Å². The summed E-state index contributed by atoms with van der Waals surface area (Å²) in [6.07, 6.45) is 1.83. The minimum absolute atomic E-state index is 0.300. The number of amides is 1. The van der Waals surface area contributed by atoms with E-state index in [9.17, 15) is 4.79 Å². The molecule has 82 valence electrons. The lowest BCUT2D eigenvalue weighted by molar-refractivity contribution is 0.0947. The zero-order valence-corrected chi connectivity index (χ0v) is 8.97. The second-order valence-electron chi connectivity index (χ2n) is 3.57. The molecule has 0 aliphatic carbocycles. The van der Waals surface area contributed by atoms with Gasteiger partial charge in [-0.2, -0.15) is 0 Å². The van der Waals surface area contributed by atoms with Crippen molar-refractivity contribution < 1.29 is 4.79 Å². The number of aryl methyl sites for hydroxylation is 1. The van der Waals surface area contributed by atoms with Crippen LogP contribution in [0.4, 0.5) is 0 Å². The van der Waals surface area contributed by atoms with Gasteiger partial charge in [-0.15, -0.1) is 0 Å². The summed E-state index contributed by atoms with van der Waals surface area (Å²) in [5.74, 6) is 4.82. The van der Waals surface area contributed by atoms with Gasteiger partial charge in [0.1, 0.15) is 5.69 Å². The van der Waals surface area contributed by atoms with E-state index < -0.39 is 0 Å².